The second kappa shape index (κ2) is 4.96. The molecule has 20 heavy (non-hydrogen) atoms. The Hall–Kier alpha value is -2.37. The van der Waals surface area contributed by atoms with E-state index in [0.29, 0.717) is 18.8 Å². The lowest BCUT2D eigenvalue weighted by Gasteiger charge is -2.27. The van der Waals surface area contributed by atoms with Crippen LogP contribution in [0.4, 0.5) is 5.82 Å². The molecule has 2 heterocycles. The molecule has 6 nitrogen and oxygen atoms in total. The highest BCUT2D eigenvalue weighted by Crippen LogP contribution is 2.23. The third-order valence-electron chi connectivity index (χ3n) is 3.74. The number of carbonyl (C=O) groups is 2. The van der Waals surface area contributed by atoms with Gasteiger partial charge in [-0.25, -0.2) is 0 Å². The molecule has 1 fully saturated rings. The lowest BCUT2D eigenvalue weighted by molar-refractivity contribution is -0.137. The lowest BCUT2D eigenvalue weighted by atomic mass is 9.95. The molecule has 2 amide bonds. The van der Waals surface area contributed by atoms with Crippen LogP contribution in [0.3, 0.4) is 0 Å². The molecular formula is C14H16N4O2. The maximum atomic E-state index is 12.2. The summed E-state index contributed by atoms with van der Waals surface area (Å²) in [6, 6.07) is 7.60. The molecule has 1 aromatic heterocycles. The van der Waals surface area contributed by atoms with Crippen molar-refractivity contribution in [1.82, 2.24) is 15.1 Å². The fourth-order valence-corrected chi connectivity index (χ4v) is 2.44. The van der Waals surface area contributed by atoms with Crippen molar-refractivity contribution in [3.63, 3.8) is 0 Å². The van der Waals surface area contributed by atoms with Crippen molar-refractivity contribution in [2.24, 2.45) is 5.92 Å². The van der Waals surface area contributed by atoms with Crippen LogP contribution in [0.15, 0.2) is 24.3 Å². The number of benzene rings is 1. The van der Waals surface area contributed by atoms with E-state index in [1.165, 1.54) is 0 Å². The number of likely N-dealkylation sites (tertiary alicyclic amines) is 1. The molecule has 0 unspecified atom stereocenters. The number of aromatic amines is 1. The van der Waals surface area contributed by atoms with Crippen LogP contribution in [-0.4, -0.2) is 40.5 Å². The van der Waals surface area contributed by atoms with Crippen LogP contribution in [0.1, 0.15) is 12.8 Å². The molecule has 1 aliphatic rings. The maximum absolute atomic E-state index is 12.2. The summed E-state index contributed by atoms with van der Waals surface area (Å²) in [5.41, 5.74) is 0.877. The number of anilines is 1. The number of H-pyrrole nitrogens is 1. The summed E-state index contributed by atoms with van der Waals surface area (Å²) in [5.74, 6) is 0.137. The zero-order chi connectivity index (χ0) is 14.1. The summed E-state index contributed by atoms with van der Waals surface area (Å²) in [7, 11) is 1.76. The highest BCUT2D eigenvalue weighted by atomic mass is 16.2. The summed E-state index contributed by atoms with van der Waals surface area (Å²) in [6.07, 6.45) is 0.959. The van der Waals surface area contributed by atoms with E-state index in [9.17, 15) is 9.59 Å². The molecule has 3 rings (SSSR count). The number of nitrogens with one attached hydrogen (secondary N) is 2. The van der Waals surface area contributed by atoms with Crippen LogP contribution in [-0.2, 0) is 9.59 Å². The van der Waals surface area contributed by atoms with Gasteiger partial charge in [0.25, 0.3) is 0 Å². The highest BCUT2D eigenvalue weighted by Gasteiger charge is 2.29. The molecule has 6 heteroatoms. The quantitative estimate of drug-likeness (QED) is 0.866. The number of fused-ring (bicyclic) bond motifs is 1. The van der Waals surface area contributed by atoms with Crippen LogP contribution >= 0.6 is 0 Å². The number of hydrogen-bond donors (Lipinski definition) is 2. The van der Waals surface area contributed by atoms with Crippen molar-refractivity contribution in [2.75, 3.05) is 18.9 Å². The predicted molar refractivity (Wildman–Crippen MR) is 75.1 cm³/mol. The normalized spacial score (nSPS) is 19.4. The van der Waals surface area contributed by atoms with Gasteiger partial charge in [0.15, 0.2) is 5.82 Å². The van der Waals surface area contributed by atoms with Crippen LogP contribution in [0.5, 0.6) is 0 Å². The number of hydrogen-bond acceptors (Lipinski definition) is 3. The minimum Gasteiger partial charge on any atom is -0.346 e. The van der Waals surface area contributed by atoms with Crippen molar-refractivity contribution in [3.05, 3.63) is 24.3 Å². The molecular weight excluding hydrogens is 256 g/mol. The Kier molecular flexibility index (Phi) is 3.14. The van der Waals surface area contributed by atoms with Gasteiger partial charge in [-0.2, -0.15) is 5.10 Å². The number of nitrogens with zero attached hydrogens (tertiary/aromatic N) is 2. The Bertz CT molecular complexity index is 664. The van der Waals surface area contributed by atoms with Gasteiger partial charge in [-0.05, 0) is 18.6 Å². The fraction of sp³-hybridized carbons (Fsp3) is 0.357. The van der Waals surface area contributed by atoms with Crippen LogP contribution < -0.4 is 5.32 Å². The minimum atomic E-state index is -0.269. The van der Waals surface area contributed by atoms with E-state index in [-0.39, 0.29) is 24.2 Å². The summed E-state index contributed by atoms with van der Waals surface area (Å²) in [4.78, 5) is 25.5. The molecule has 0 saturated carbocycles. The topological polar surface area (TPSA) is 78.1 Å². The molecule has 1 aliphatic heterocycles. The number of carbonyl (C=O) groups excluding carboxylic acids is 2. The summed E-state index contributed by atoms with van der Waals surface area (Å²) < 4.78 is 0. The fourth-order valence-electron chi connectivity index (χ4n) is 2.44. The lowest BCUT2D eigenvalue weighted by Crippen LogP contribution is -2.39. The van der Waals surface area contributed by atoms with E-state index in [1.807, 2.05) is 24.3 Å². The number of amides is 2. The summed E-state index contributed by atoms with van der Waals surface area (Å²) in [5, 5.41) is 10.7. The zero-order valence-electron chi connectivity index (χ0n) is 11.2. The van der Waals surface area contributed by atoms with Gasteiger partial charge in [0.05, 0.1) is 5.52 Å². The zero-order valence-corrected chi connectivity index (χ0v) is 11.2. The SMILES string of the molecule is CN1CC[C@H](C(=O)Nc2n[nH]c3ccccc23)CC1=O. The summed E-state index contributed by atoms with van der Waals surface area (Å²) in [6.45, 7) is 0.623. The Labute approximate surface area is 116 Å². The number of aromatic nitrogens is 2. The maximum Gasteiger partial charge on any atom is 0.229 e. The molecule has 0 bridgehead atoms. The molecule has 1 saturated heterocycles. The van der Waals surface area contributed by atoms with Gasteiger partial charge in [0.1, 0.15) is 0 Å². The molecule has 2 N–H and O–H groups in total. The van der Waals surface area contributed by atoms with Crippen molar-refractivity contribution in [2.45, 2.75) is 12.8 Å². The van der Waals surface area contributed by atoms with Gasteiger partial charge in [-0.1, -0.05) is 12.1 Å². The smallest absolute Gasteiger partial charge is 0.229 e. The number of rotatable bonds is 2. The average Bonchev–Trinajstić information content (AvgIpc) is 2.85. The first-order valence-electron chi connectivity index (χ1n) is 6.63. The molecule has 2 aromatic rings. The number of para-hydroxylation sites is 1. The minimum absolute atomic E-state index is 0.0169. The number of piperidine rings is 1. The molecule has 0 aliphatic carbocycles. The predicted octanol–water partition coefficient (Wildman–Crippen LogP) is 1.37. The van der Waals surface area contributed by atoms with Crippen molar-refractivity contribution in [3.8, 4) is 0 Å². The van der Waals surface area contributed by atoms with Crippen LogP contribution in [0.2, 0.25) is 0 Å². The largest absolute Gasteiger partial charge is 0.346 e. The third-order valence-corrected chi connectivity index (χ3v) is 3.74. The Morgan fingerprint density at radius 3 is 3.05 bits per heavy atom. The first-order chi connectivity index (χ1) is 9.65. The van der Waals surface area contributed by atoms with Gasteiger partial charge in [-0.15, -0.1) is 0 Å². The van der Waals surface area contributed by atoms with Gasteiger partial charge in [0.2, 0.25) is 11.8 Å². The van der Waals surface area contributed by atoms with E-state index in [2.05, 4.69) is 15.5 Å². The monoisotopic (exact) mass is 272 g/mol. The average molecular weight is 272 g/mol. The van der Waals surface area contributed by atoms with E-state index in [0.717, 1.165) is 10.9 Å². The molecule has 104 valence electrons. The Balaban J connectivity index is 1.74. The van der Waals surface area contributed by atoms with Gasteiger partial charge >= 0.3 is 0 Å². The highest BCUT2D eigenvalue weighted by molar-refractivity contribution is 6.01. The van der Waals surface area contributed by atoms with Crippen molar-refractivity contribution < 1.29 is 9.59 Å². The van der Waals surface area contributed by atoms with Gasteiger partial charge in [0, 0.05) is 31.3 Å². The Morgan fingerprint density at radius 1 is 1.45 bits per heavy atom. The van der Waals surface area contributed by atoms with Crippen LogP contribution in [0.25, 0.3) is 10.9 Å². The van der Waals surface area contributed by atoms with E-state index in [4.69, 9.17) is 0 Å². The van der Waals surface area contributed by atoms with Crippen LogP contribution in [0, 0.1) is 5.92 Å². The van der Waals surface area contributed by atoms with Gasteiger partial charge in [-0.3, -0.25) is 14.7 Å². The Morgan fingerprint density at radius 2 is 2.25 bits per heavy atom. The van der Waals surface area contributed by atoms with E-state index in [1.54, 1.807) is 11.9 Å². The van der Waals surface area contributed by atoms with Crippen molar-refractivity contribution >= 4 is 28.5 Å². The second-order valence-corrected chi connectivity index (χ2v) is 5.11. The third kappa shape index (κ3) is 2.24. The molecule has 0 radical (unpaired) electrons. The summed E-state index contributed by atoms with van der Waals surface area (Å²) >= 11 is 0. The molecule has 1 aromatic carbocycles. The van der Waals surface area contributed by atoms with Gasteiger partial charge < -0.3 is 10.2 Å². The van der Waals surface area contributed by atoms with Crippen molar-refractivity contribution in [1.29, 1.82) is 0 Å². The molecule has 0 spiro atoms. The first-order valence-corrected chi connectivity index (χ1v) is 6.63. The van der Waals surface area contributed by atoms with E-state index < -0.39 is 0 Å². The van der Waals surface area contributed by atoms with E-state index >= 15 is 0 Å². The standard InChI is InChI=1S/C14H16N4O2/c1-18-7-6-9(8-12(18)19)14(20)15-13-10-4-2-3-5-11(10)16-17-13/h2-5,9H,6-8H2,1H3,(H2,15,16,17,20)/t9-/m0/s1. The molecule has 1 atom stereocenters. The second-order valence-electron chi connectivity index (χ2n) is 5.11. The first kappa shape index (κ1) is 12.7.